The van der Waals surface area contributed by atoms with Gasteiger partial charge in [-0.25, -0.2) is 0 Å². The summed E-state index contributed by atoms with van der Waals surface area (Å²) in [6.07, 6.45) is -4.41. The normalized spacial score (nSPS) is 11.4. The molecule has 7 heteroatoms. The van der Waals surface area contributed by atoms with Crippen LogP contribution < -0.4 is 5.32 Å². The van der Waals surface area contributed by atoms with Crippen molar-refractivity contribution in [3.8, 4) is 0 Å². The Kier molecular flexibility index (Phi) is 3.52. The molecule has 0 fully saturated rings. The fourth-order valence-electron chi connectivity index (χ4n) is 1.60. The van der Waals surface area contributed by atoms with E-state index in [-0.39, 0.29) is 5.56 Å². The summed E-state index contributed by atoms with van der Waals surface area (Å²) >= 11 is 0. The van der Waals surface area contributed by atoms with E-state index < -0.39 is 17.6 Å². The van der Waals surface area contributed by atoms with Gasteiger partial charge in [0.15, 0.2) is 5.82 Å². The Morgan fingerprint density at radius 3 is 2.25 bits per heavy atom. The molecule has 0 aliphatic heterocycles. The monoisotopic (exact) mass is 283 g/mol. The number of aryl methyl sites for hydroxylation is 1. The molecular formula is C13H12F3N3O. The van der Waals surface area contributed by atoms with Crippen molar-refractivity contribution in [3.05, 3.63) is 46.6 Å². The highest BCUT2D eigenvalue weighted by molar-refractivity contribution is 6.04. The molecule has 4 nitrogen and oxygen atoms in total. The number of rotatable bonds is 2. The number of alkyl halides is 3. The quantitative estimate of drug-likeness (QED) is 0.888. The van der Waals surface area contributed by atoms with Crippen LogP contribution in [0.4, 0.5) is 19.0 Å². The van der Waals surface area contributed by atoms with Gasteiger partial charge in [-0.2, -0.15) is 18.3 Å². The van der Waals surface area contributed by atoms with E-state index in [2.05, 4.69) is 15.5 Å². The summed E-state index contributed by atoms with van der Waals surface area (Å²) < 4.78 is 37.2. The summed E-state index contributed by atoms with van der Waals surface area (Å²) in [5.41, 5.74) is 0.942. The van der Waals surface area contributed by atoms with Gasteiger partial charge in [0.2, 0.25) is 0 Å². The van der Waals surface area contributed by atoms with E-state index in [1.54, 1.807) is 13.8 Å². The van der Waals surface area contributed by atoms with E-state index in [0.29, 0.717) is 5.82 Å². The minimum atomic E-state index is -4.41. The second kappa shape index (κ2) is 4.99. The SMILES string of the molecule is Cc1[nH]nc(NC(=O)c2ccc(C(F)(F)F)cc2)c1C. The van der Waals surface area contributed by atoms with Crippen molar-refractivity contribution in [1.82, 2.24) is 10.2 Å². The van der Waals surface area contributed by atoms with E-state index in [9.17, 15) is 18.0 Å². The van der Waals surface area contributed by atoms with Crippen molar-refractivity contribution in [3.63, 3.8) is 0 Å². The Balaban J connectivity index is 2.16. The molecule has 1 amide bonds. The standard InChI is InChI=1S/C13H12F3N3O/c1-7-8(2)18-19-11(7)17-12(20)9-3-5-10(6-4-9)13(14,15)16/h3-6H,1-2H3,(H2,17,18,19,20). The van der Waals surface area contributed by atoms with E-state index in [1.165, 1.54) is 0 Å². The minimum absolute atomic E-state index is 0.137. The Hall–Kier alpha value is -2.31. The van der Waals surface area contributed by atoms with Gasteiger partial charge >= 0.3 is 6.18 Å². The summed E-state index contributed by atoms with van der Waals surface area (Å²) in [6, 6.07) is 4.01. The van der Waals surface area contributed by atoms with Crippen LogP contribution in [-0.4, -0.2) is 16.1 Å². The Labute approximate surface area is 113 Å². The molecular weight excluding hydrogens is 271 g/mol. The van der Waals surface area contributed by atoms with Crippen LogP contribution in [0, 0.1) is 13.8 Å². The molecule has 1 aromatic heterocycles. The summed E-state index contributed by atoms with van der Waals surface area (Å²) in [7, 11) is 0. The van der Waals surface area contributed by atoms with E-state index in [1.807, 2.05) is 0 Å². The smallest absolute Gasteiger partial charge is 0.305 e. The molecule has 0 saturated carbocycles. The Bertz CT molecular complexity index is 629. The summed E-state index contributed by atoms with van der Waals surface area (Å²) in [5, 5.41) is 9.15. The molecule has 1 heterocycles. The van der Waals surface area contributed by atoms with Crippen molar-refractivity contribution < 1.29 is 18.0 Å². The van der Waals surface area contributed by atoms with Crippen LogP contribution in [0.3, 0.4) is 0 Å². The van der Waals surface area contributed by atoms with Gasteiger partial charge in [0, 0.05) is 16.8 Å². The lowest BCUT2D eigenvalue weighted by Gasteiger charge is -2.07. The number of aromatic nitrogens is 2. The van der Waals surface area contributed by atoms with Crippen LogP contribution in [0.25, 0.3) is 0 Å². The van der Waals surface area contributed by atoms with Crippen molar-refractivity contribution in [2.45, 2.75) is 20.0 Å². The van der Waals surface area contributed by atoms with Gasteiger partial charge < -0.3 is 5.32 Å². The number of carbonyl (C=O) groups excluding carboxylic acids is 1. The van der Waals surface area contributed by atoms with Crippen LogP contribution >= 0.6 is 0 Å². The molecule has 20 heavy (non-hydrogen) atoms. The third-order valence-electron chi connectivity index (χ3n) is 2.96. The van der Waals surface area contributed by atoms with Gasteiger partial charge in [0.1, 0.15) is 0 Å². The number of hydrogen-bond acceptors (Lipinski definition) is 2. The molecule has 0 radical (unpaired) electrons. The van der Waals surface area contributed by atoms with Gasteiger partial charge in [0.25, 0.3) is 5.91 Å². The molecule has 1 aromatic carbocycles. The zero-order chi connectivity index (χ0) is 14.9. The molecule has 0 bridgehead atoms. The van der Waals surface area contributed by atoms with E-state index in [4.69, 9.17) is 0 Å². The number of aromatic amines is 1. The fraction of sp³-hybridized carbons (Fsp3) is 0.231. The first-order valence-electron chi connectivity index (χ1n) is 5.79. The highest BCUT2D eigenvalue weighted by Gasteiger charge is 2.30. The van der Waals surface area contributed by atoms with Gasteiger partial charge in [-0.3, -0.25) is 9.89 Å². The van der Waals surface area contributed by atoms with Crippen LogP contribution in [0.5, 0.6) is 0 Å². The molecule has 0 unspecified atom stereocenters. The second-order valence-corrected chi connectivity index (χ2v) is 4.35. The molecule has 2 aromatic rings. The largest absolute Gasteiger partial charge is 0.416 e. The van der Waals surface area contributed by atoms with E-state index in [0.717, 1.165) is 35.5 Å². The van der Waals surface area contributed by atoms with Gasteiger partial charge in [-0.05, 0) is 38.1 Å². The zero-order valence-corrected chi connectivity index (χ0v) is 10.8. The molecule has 0 saturated heterocycles. The number of carbonyl (C=O) groups is 1. The average molecular weight is 283 g/mol. The number of amides is 1. The summed E-state index contributed by atoms with van der Waals surface area (Å²) in [6.45, 7) is 3.58. The number of nitrogens with one attached hydrogen (secondary N) is 2. The first kappa shape index (κ1) is 14.1. The average Bonchev–Trinajstić information content (AvgIpc) is 2.70. The molecule has 0 spiro atoms. The maximum absolute atomic E-state index is 12.4. The second-order valence-electron chi connectivity index (χ2n) is 4.35. The lowest BCUT2D eigenvalue weighted by atomic mass is 10.1. The van der Waals surface area contributed by atoms with Crippen molar-refractivity contribution >= 4 is 11.7 Å². The van der Waals surface area contributed by atoms with Gasteiger partial charge in [0.05, 0.1) is 5.56 Å². The topological polar surface area (TPSA) is 57.8 Å². The van der Waals surface area contributed by atoms with E-state index >= 15 is 0 Å². The molecule has 2 rings (SSSR count). The molecule has 0 atom stereocenters. The number of nitrogens with zero attached hydrogens (tertiary/aromatic N) is 1. The van der Waals surface area contributed by atoms with Crippen molar-refractivity contribution in [2.24, 2.45) is 0 Å². The number of halogens is 3. The number of hydrogen-bond donors (Lipinski definition) is 2. The number of H-pyrrole nitrogens is 1. The minimum Gasteiger partial charge on any atom is -0.305 e. The van der Waals surface area contributed by atoms with Gasteiger partial charge in [-0.1, -0.05) is 0 Å². The zero-order valence-electron chi connectivity index (χ0n) is 10.8. The molecule has 2 N–H and O–H groups in total. The highest BCUT2D eigenvalue weighted by atomic mass is 19.4. The Morgan fingerprint density at radius 2 is 1.80 bits per heavy atom. The Morgan fingerprint density at radius 1 is 1.20 bits per heavy atom. The van der Waals surface area contributed by atoms with Crippen LogP contribution in [0.2, 0.25) is 0 Å². The lowest BCUT2D eigenvalue weighted by molar-refractivity contribution is -0.137. The predicted molar refractivity (Wildman–Crippen MR) is 67.5 cm³/mol. The lowest BCUT2D eigenvalue weighted by Crippen LogP contribution is -2.13. The number of benzene rings is 1. The molecule has 0 aliphatic carbocycles. The molecule has 106 valence electrons. The summed E-state index contributed by atoms with van der Waals surface area (Å²) in [5.74, 6) is -0.138. The fourth-order valence-corrected chi connectivity index (χ4v) is 1.60. The predicted octanol–water partition coefficient (Wildman–Crippen LogP) is 3.30. The van der Waals surface area contributed by atoms with Crippen LogP contribution in [0.1, 0.15) is 27.2 Å². The van der Waals surface area contributed by atoms with Crippen LogP contribution in [-0.2, 0) is 6.18 Å². The van der Waals surface area contributed by atoms with Gasteiger partial charge in [-0.15, -0.1) is 0 Å². The van der Waals surface area contributed by atoms with Crippen LogP contribution in [0.15, 0.2) is 24.3 Å². The third-order valence-corrected chi connectivity index (χ3v) is 2.96. The number of anilines is 1. The molecule has 0 aliphatic rings. The maximum atomic E-state index is 12.4. The maximum Gasteiger partial charge on any atom is 0.416 e. The van der Waals surface area contributed by atoms with Crippen molar-refractivity contribution in [2.75, 3.05) is 5.32 Å². The van der Waals surface area contributed by atoms with Crippen molar-refractivity contribution in [1.29, 1.82) is 0 Å². The highest BCUT2D eigenvalue weighted by Crippen LogP contribution is 2.29. The first-order valence-corrected chi connectivity index (χ1v) is 5.79. The third kappa shape index (κ3) is 2.81. The first-order chi connectivity index (χ1) is 9.29. The summed E-state index contributed by atoms with van der Waals surface area (Å²) in [4.78, 5) is 11.9.